The Balaban J connectivity index is 1.74. The average Bonchev–Trinajstić information content (AvgIpc) is 2.73. The lowest BCUT2D eigenvalue weighted by atomic mass is 9.94. The zero-order valence-electron chi connectivity index (χ0n) is 10.8. The molecule has 0 bridgehead atoms. The number of alkyl halides is 3. The van der Waals surface area contributed by atoms with Crippen molar-refractivity contribution in [2.24, 2.45) is 4.99 Å². The molecule has 3 aliphatic heterocycles. The highest BCUT2D eigenvalue weighted by molar-refractivity contribution is 8.14. The molecular formula is C11H15F3N2O4S. The van der Waals surface area contributed by atoms with Crippen LogP contribution in [0.15, 0.2) is 4.99 Å². The number of ether oxygens (including phenoxy) is 1. The predicted octanol–water partition coefficient (Wildman–Crippen LogP) is -0.467. The highest BCUT2D eigenvalue weighted by Gasteiger charge is 2.56. The van der Waals surface area contributed by atoms with Crippen molar-refractivity contribution >= 4 is 16.9 Å². The largest absolute Gasteiger partial charge is 0.417 e. The van der Waals surface area contributed by atoms with Gasteiger partial charge in [-0.1, -0.05) is 11.8 Å². The fourth-order valence-corrected chi connectivity index (χ4v) is 3.75. The number of thioether (sulfide) groups is 1. The molecule has 0 amide bonds. The zero-order valence-corrected chi connectivity index (χ0v) is 11.6. The van der Waals surface area contributed by atoms with Crippen molar-refractivity contribution in [3.05, 3.63) is 0 Å². The Morgan fingerprint density at radius 2 is 1.95 bits per heavy atom. The molecule has 2 saturated heterocycles. The second-order valence-corrected chi connectivity index (χ2v) is 6.36. The van der Waals surface area contributed by atoms with Crippen LogP contribution >= 0.6 is 11.8 Å². The molecule has 6 atom stereocenters. The van der Waals surface area contributed by atoms with Gasteiger partial charge in [-0.3, -0.25) is 4.99 Å². The smallest absolute Gasteiger partial charge is 0.388 e. The maximum absolute atomic E-state index is 12.6. The predicted molar refractivity (Wildman–Crippen MR) is 67.7 cm³/mol. The number of halogens is 3. The van der Waals surface area contributed by atoms with Crippen molar-refractivity contribution in [2.45, 2.75) is 48.5 Å². The number of aliphatic imine (C=N–C) groups is 1. The number of likely N-dealkylation sites (tertiary alicyclic amines) is 1. The molecule has 2 fully saturated rings. The van der Waals surface area contributed by atoms with E-state index in [1.165, 1.54) is 0 Å². The molecule has 120 valence electrons. The van der Waals surface area contributed by atoms with Crippen LogP contribution in [0, 0.1) is 0 Å². The molecule has 0 aromatic rings. The van der Waals surface area contributed by atoms with Crippen LogP contribution in [0.3, 0.4) is 0 Å². The van der Waals surface area contributed by atoms with Crippen LogP contribution in [0.4, 0.5) is 13.2 Å². The third kappa shape index (κ3) is 2.63. The van der Waals surface area contributed by atoms with Crippen LogP contribution in [0.5, 0.6) is 0 Å². The van der Waals surface area contributed by atoms with Gasteiger partial charge in [-0.25, -0.2) is 0 Å². The molecule has 3 rings (SSSR count). The van der Waals surface area contributed by atoms with E-state index in [-0.39, 0.29) is 0 Å². The molecule has 0 aliphatic carbocycles. The Morgan fingerprint density at radius 1 is 1.29 bits per heavy atom. The topological polar surface area (TPSA) is 85.5 Å². The monoisotopic (exact) mass is 328 g/mol. The first-order valence-corrected chi connectivity index (χ1v) is 7.43. The van der Waals surface area contributed by atoms with Crippen molar-refractivity contribution in [3.8, 4) is 0 Å². The standard InChI is InChI=1S/C11H15F3N2O4S/c12-11(13,14)8(19)7-6(18)5(17)4-9(20-7)21-10(15-4)16-2-1-3-16/h4-9,17-19H,1-3H2/t4-,5-,6+,7+,8-,9-/m1/s1. The summed E-state index contributed by atoms with van der Waals surface area (Å²) in [6, 6.07) is -0.822. The van der Waals surface area contributed by atoms with Crippen LogP contribution < -0.4 is 0 Å². The van der Waals surface area contributed by atoms with E-state index in [1.54, 1.807) is 0 Å². The summed E-state index contributed by atoms with van der Waals surface area (Å²) in [7, 11) is 0. The Bertz CT molecular complexity index is 446. The minimum Gasteiger partial charge on any atom is -0.388 e. The zero-order chi connectivity index (χ0) is 15.4. The van der Waals surface area contributed by atoms with Crippen LogP contribution in [-0.4, -0.2) is 80.5 Å². The molecule has 3 heterocycles. The maximum Gasteiger partial charge on any atom is 0.417 e. The second-order valence-electron chi connectivity index (χ2n) is 5.30. The molecule has 0 aromatic heterocycles. The summed E-state index contributed by atoms with van der Waals surface area (Å²) < 4.78 is 42.9. The summed E-state index contributed by atoms with van der Waals surface area (Å²) in [6.07, 6.45) is -12.0. The van der Waals surface area contributed by atoms with E-state index < -0.39 is 42.1 Å². The number of aliphatic hydroxyl groups is 3. The molecule has 21 heavy (non-hydrogen) atoms. The van der Waals surface area contributed by atoms with Gasteiger partial charge < -0.3 is 25.0 Å². The molecule has 0 saturated carbocycles. The van der Waals surface area contributed by atoms with E-state index in [0.29, 0.717) is 5.17 Å². The van der Waals surface area contributed by atoms with Crippen LogP contribution in [0.1, 0.15) is 6.42 Å². The molecule has 0 aromatic carbocycles. The van der Waals surface area contributed by atoms with E-state index in [4.69, 9.17) is 4.74 Å². The quantitative estimate of drug-likeness (QED) is 0.604. The van der Waals surface area contributed by atoms with Gasteiger partial charge in [0.25, 0.3) is 0 Å². The lowest BCUT2D eigenvalue weighted by Crippen LogP contribution is -2.60. The van der Waals surface area contributed by atoms with Gasteiger partial charge in [0.2, 0.25) is 0 Å². The molecular weight excluding hydrogens is 313 g/mol. The van der Waals surface area contributed by atoms with Gasteiger partial charge in [-0.15, -0.1) is 0 Å². The molecule has 0 spiro atoms. The summed E-state index contributed by atoms with van der Waals surface area (Å²) >= 11 is 1.12. The Kier molecular flexibility index (Phi) is 3.85. The van der Waals surface area contributed by atoms with Crippen molar-refractivity contribution in [2.75, 3.05) is 13.1 Å². The normalized spacial score (nSPS) is 41.3. The summed E-state index contributed by atoms with van der Waals surface area (Å²) in [5.74, 6) is 0. The number of aliphatic hydroxyl groups excluding tert-OH is 3. The lowest BCUT2D eigenvalue weighted by molar-refractivity contribution is -0.271. The highest BCUT2D eigenvalue weighted by atomic mass is 32.2. The van der Waals surface area contributed by atoms with E-state index in [9.17, 15) is 28.5 Å². The van der Waals surface area contributed by atoms with Crippen molar-refractivity contribution in [1.29, 1.82) is 0 Å². The van der Waals surface area contributed by atoms with E-state index in [1.807, 2.05) is 4.90 Å². The molecule has 3 N–H and O–H groups in total. The van der Waals surface area contributed by atoms with Crippen molar-refractivity contribution in [1.82, 2.24) is 4.90 Å². The van der Waals surface area contributed by atoms with E-state index >= 15 is 0 Å². The summed E-state index contributed by atoms with van der Waals surface area (Å²) in [5.41, 5.74) is -0.832. The average molecular weight is 328 g/mol. The molecule has 10 heteroatoms. The molecule has 3 aliphatic rings. The molecule has 0 unspecified atom stereocenters. The fourth-order valence-electron chi connectivity index (χ4n) is 2.48. The van der Waals surface area contributed by atoms with E-state index in [2.05, 4.69) is 4.99 Å². The second kappa shape index (κ2) is 5.27. The van der Waals surface area contributed by atoms with Crippen LogP contribution in [0.25, 0.3) is 0 Å². The SMILES string of the molecule is O[C@H]1[C@H](O)[C@@H]([C@@H](O)C(F)(F)F)O[C@@H]2SC(N3CCC3)=N[C@H]12. The van der Waals surface area contributed by atoms with Gasteiger partial charge in [0.05, 0.1) is 0 Å². The van der Waals surface area contributed by atoms with Gasteiger partial charge >= 0.3 is 6.18 Å². The van der Waals surface area contributed by atoms with Gasteiger partial charge in [-0.2, -0.15) is 13.2 Å². The number of amidine groups is 1. The maximum atomic E-state index is 12.6. The highest BCUT2D eigenvalue weighted by Crippen LogP contribution is 2.40. The lowest BCUT2D eigenvalue weighted by Gasteiger charge is -2.40. The first-order chi connectivity index (χ1) is 9.79. The Labute approximate surface area is 122 Å². The summed E-state index contributed by atoms with van der Waals surface area (Å²) in [4.78, 5) is 6.16. The van der Waals surface area contributed by atoms with Gasteiger partial charge in [0, 0.05) is 13.1 Å². The number of hydrogen-bond donors (Lipinski definition) is 3. The van der Waals surface area contributed by atoms with Gasteiger partial charge in [0.15, 0.2) is 11.3 Å². The van der Waals surface area contributed by atoms with E-state index in [0.717, 1.165) is 31.3 Å². The number of fused-ring (bicyclic) bond motifs is 1. The summed E-state index contributed by atoms with van der Waals surface area (Å²) in [5, 5.41) is 29.6. The first kappa shape index (κ1) is 15.3. The van der Waals surface area contributed by atoms with Gasteiger partial charge in [0.1, 0.15) is 29.8 Å². The number of nitrogens with zero attached hydrogens (tertiary/aromatic N) is 2. The van der Waals surface area contributed by atoms with Crippen molar-refractivity contribution in [3.63, 3.8) is 0 Å². The third-order valence-electron chi connectivity index (χ3n) is 3.86. The minimum absolute atomic E-state index is 0.602. The molecule has 6 nitrogen and oxygen atoms in total. The fraction of sp³-hybridized carbons (Fsp3) is 0.909. The first-order valence-electron chi connectivity index (χ1n) is 6.55. The van der Waals surface area contributed by atoms with Crippen LogP contribution in [0.2, 0.25) is 0 Å². The Hall–Kier alpha value is -0.550. The van der Waals surface area contributed by atoms with Gasteiger partial charge in [-0.05, 0) is 6.42 Å². The Morgan fingerprint density at radius 3 is 2.48 bits per heavy atom. The number of hydrogen-bond acceptors (Lipinski definition) is 7. The summed E-state index contributed by atoms with van der Waals surface area (Å²) in [6.45, 7) is 1.61. The minimum atomic E-state index is -4.93. The number of rotatable bonds is 1. The third-order valence-corrected chi connectivity index (χ3v) is 5.06. The molecule has 0 radical (unpaired) electrons. The van der Waals surface area contributed by atoms with Crippen LogP contribution in [-0.2, 0) is 4.74 Å². The van der Waals surface area contributed by atoms with Crippen molar-refractivity contribution < 1.29 is 33.2 Å².